The number of aliphatic imine (C=N–C) groups is 1. The average molecular weight is 399 g/mol. The molecule has 1 spiro atoms. The Morgan fingerprint density at radius 2 is 1.80 bits per heavy atom. The number of ether oxygens (including phenoxy) is 1. The van der Waals surface area contributed by atoms with E-state index in [9.17, 15) is 0 Å². The van der Waals surface area contributed by atoms with E-state index < -0.39 is 5.72 Å². The van der Waals surface area contributed by atoms with Crippen molar-refractivity contribution in [2.24, 2.45) is 4.99 Å². The molecule has 2 aromatic carbocycles. The number of likely N-dealkylation sites (N-methyl/N-ethyl adjacent to an activating group) is 1. The lowest BCUT2D eigenvalue weighted by Gasteiger charge is -2.45. The number of para-hydroxylation sites is 1. The van der Waals surface area contributed by atoms with Gasteiger partial charge in [0.1, 0.15) is 5.69 Å². The van der Waals surface area contributed by atoms with Crippen molar-refractivity contribution in [3.05, 3.63) is 54.2 Å². The first-order chi connectivity index (χ1) is 14.5. The molecule has 3 aliphatic rings. The number of benzene rings is 2. The van der Waals surface area contributed by atoms with Gasteiger partial charge in [-0.1, -0.05) is 18.2 Å². The Labute approximate surface area is 177 Å². The molecule has 3 aliphatic heterocycles. The third-order valence-corrected chi connectivity index (χ3v) is 7.22. The van der Waals surface area contributed by atoms with E-state index in [0.717, 1.165) is 41.1 Å². The van der Waals surface area contributed by atoms with Crippen LogP contribution in [0.5, 0.6) is 5.75 Å². The Bertz CT molecular complexity index is 1190. The number of aromatic nitrogens is 1. The second-order valence-corrected chi connectivity index (χ2v) is 9.09. The molecule has 0 aliphatic carbocycles. The largest absolute Gasteiger partial charge is 0.459 e. The molecular weight excluding hydrogens is 372 g/mol. The lowest BCUT2D eigenvalue weighted by molar-refractivity contribution is 0.0827. The van der Waals surface area contributed by atoms with Crippen molar-refractivity contribution in [1.82, 2.24) is 4.98 Å². The van der Waals surface area contributed by atoms with Crippen LogP contribution in [0.15, 0.2) is 53.7 Å². The maximum Gasteiger partial charge on any atom is 0.228 e. The standard InChI is InChI=1S/C25H26N4O/c1-24(2)18-10-4-5-11-19(18)28(3)25(24)16-27-23-17-9-8-12-26-22(17)20(15-21(23)30-25)29-13-6-7-14-29/h4-5,8-12,15-16H,6-7,13-14H2,1-3H3. The van der Waals surface area contributed by atoms with Crippen LogP contribution in [0.4, 0.5) is 17.1 Å². The highest BCUT2D eigenvalue weighted by Gasteiger charge is 2.58. The fourth-order valence-electron chi connectivity index (χ4n) is 5.48. The van der Waals surface area contributed by atoms with Crippen molar-refractivity contribution in [2.45, 2.75) is 37.8 Å². The topological polar surface area (TPSA) is 41.0 Å². The van der Waals surface area contributed by atoms with E-state index >= 15 is 0 Å². The second-order valence-electron chi connectivity index (χ2n) is 9.09. The van der Waals surface area contributed by atoms with Crippen LogP contribution in [0.2, 0.25) is 0 Å². The first-order valence-corrected chi connectivity index (χ1v) is 10.8. The van der Waals surface area contributed by atoms with Crippen LogP contribution in [-0.4, -0.2) is 37.1 Å². The third-order valence-electron chi connectivity index (χ3n) is 7.22. The van der Waals surface area contributed by atoms with Gasteiger partial charge in [0.05, 0.1) is 22.8 Å². The Morgan fingerprint density at radius 3 is 2.60 bits per heavy atom. The fraction of sp³-hybridized carbons (Fsp3) is 0.360. The smallest absolute Gasteiger partial charge is 0.228 e. The van der Waals surface area contributed by atoms with Crippen molar-refractivity contribution < 1.29 is 4.74 Å². The van der Waals surface area contributed by atoms with Crippen LogP contribution in [0.25, 0.3) is 10.9 Å². The van der Waals surface area contributed by atoms with Gasteiger partial charge in [0.15, 0.2) is 5.75 Å². The summed E-state index contributed by atoms with van der Waals surface area (Å²) in [6.45, 7) is 6.62. The van der Waals surface area contributed by atoms with E-state index in [0.29, 0.717) is 0 Å². The molecule has 1 aromatic heterocycles. The lowest BCUT2D eigenvalue weighted by atomic mass is 9.77. The van der Waals surface area contributed by atoms with Crippen molar-refractivity contribution in [3.8, 4) is 5.75 Å². The van der Waals surface area contributed by atoms with Gasteiger partial charge in [-0.25, -0.2) is 0 Å². The van der Waals surface area contributed by atoms with Gasteiger partial charge in [0.25, 0.3) is 0 Å². The third kappa shape index (κ3) is 2.12. The molecule has 30 heavy (non-hydrogen) atoms. The number of pyridine rings is 1. The summed E-state index contributed by atoms with van der Waals surface area (Å²) in [6.07, 6.45) is 6.31. The maximum atomic E-state index is 6.92. The van der Waals surface area contributed by atoms with Crippen LogP contribution >= 0.6 is 0 Å². The zero-order valence-electron chi connectivity index (χ0n) is 17.7. The van der Waals surface area contributed by atoms with E-state index in [-0.39, 0.29) is 5.41 Å². The molecule has 5 nitrogen and oxygen atoms in total. The first-order valence-electron chi connectivity index (χ1n) is 10.8. The number of fused-ring (bicyclic) bond motifs is 4. The van der Waals surface area contributed by atoms with Crippen molar-refractivity contribution in [2.75, 3.05) is 29.9 Å². The number of hydrogen-bond acceptors (Lipinski definition) is 5. The molecule has 0 bridgehead atoms. The molecule has 1 saturated heterocycles. The molecule has 1 fully saturated rings. The van der Waals surface area contributed by atoms with Crippen molar-refractivity contribution in [3.63, 3.8) is 0 Å². The number of rotatable bonds is 1. The van der Waals surface area contributed by atoms with E-state index in [4.69, 9.17) is 14.7 Å². The Morgan fingerprint density at radius 1 is 1.00 bits per heavy atom. The Kier molecular flexibility index (Phi) is 3.53. The molecule has 3 aromatic rings. The summed E-state index contributed by atoms with van der Waals surface area (Å²) in [6, 6.07) is 14.8. The van der Waals surface area contributed by atoms with Crippen molar-refractivity contribution >= 4 is 34.2 Å². The molecule has 0 radical (unpaired) electrons. The minimum Gasteiger partial charge on any atom is -0.459 e. The van der Waals surface area contributed by atoms with Crippen LogP contribution in [0.3, 0.4) is 0 Å². The summed E-state index contributed by atoms with van der Waals surface area (Å²) in [5, 5.41) is 1.05. The molecule has 1 unspecified atom stereocenters. The predicted octanol–water partition coefficient (Wildman–Crippen LogP) is 5.05. The van der Waals surface area contributed by atoms with Crippen LogP contribution in [-0.2, 0) is 5.41 Å². The molecule has 6 rings (SSSR count). The van der Waals surface area contributed by atoms with Gasteiger partial charge in [0.2, 0.25) is 5.72 Å². The van der Waals surface area contributed by atoms with Crippen molar-refractivity contribution in [1.29, 1.82) is 0 Å². The first kappa shape index (κ1) is 17.8. The van der Waals surface area contributed by atoms with E-state index in [1.807, 2.05) is 18.5 Å². The molecule has 5 heteroatoms. The van der Waals surface area contributed by atoms with E-state index in [1.165, 1.54) is 24.1 Å². The van der Waals surface area contributed by atoms with Gasteiger partial charge in [0, 0.05) is 43.5 Å². The molecule has 0 N–H and O–H groups in total. The molecule has 0 saturated carbocycles. The minimum atomic E-state index is -0.665. The van der Waals surface area contributed by atoms with E-state index in [1.54, 1.807) is 0 Å². The summed E-state index contributed by atoms with van der Waals surface area (Å²) in [7, 11) is 2.11. The zero-order valence-corrected chi connectivity index (χ0v) is 17.7. The quantitative estimate of drug-likeness (QED) is 0.575. The highest BCUT2D eigenvalue weighted by atomic mass is 16.5. The SMILES string of the molecule is CN1c2ccccc2C(C)(C)C12C=Nc1c(cc(N3CCCC3)c3ncccc13)O2. The molecule has 4 heterocycles. The monoisotopic (exact) mass is 398 g/mol. The summed E-state index contributed by atoms with van der Waals surface area (Å²) in [4.78, 5) is 14.4. The molecular formula is C25H26N4O. The Balaban J connectivity index is 1.55. The summed E-state index contributed by atoms with van der Waals surface area (Å²) < 4.78 is 6.92. The second kappa shape index (κ2) is 5.97. The van der Waals surface area contributed by atoms with Gasteiger partial charge in [-0.15, -0.1) is 0 Å². The average Bonchev–Trinajstić information content (AvgIpc) is 3.36. The highest BCUT2D eigenvalue weighted by molar-refractivity contribution is 6.04. The molecule has 152 valence electrons. The van der Waals surface area contributed by atoms with Crippen LogP contribution in [0.1, 0.15) is 32.3 Å². The molecule has 0 amide bonds. The predicted molar refractivity (Wildman–Crippen MR) is 123 cm³/mol. The normalized spacial score (nSPS) is 23.7. The number of hydrogen-bond donors (Lipinski definition) is 0. The highest BCUT2D eigenvalue weighted by Crippen LogP contribution is 2.54. The maximum absolute atomic E-state index is 6.92. The summed E-state index contributed by atoms with van der Waals surface area (Å²) >= 11 is 0. The zero-order chi connectivity index (χ0) is 20.5. The van der Waals surface area contributed by atoms with Gasteiger partial charge in [-0.3, -0.25) is 9.98 Å². The van der Waals surface area contributed by atoms with Gasteiger partial charge in [-0.2, -0.15) is 0 Å². The number of nitrogens with zero attached hydrogens (tertiary/aromatic N) is 4. The van der Waals surface area contributed by atoms with E-state index in [2.05, 4.69) is 67.1 Å². The lowest BCUT2D eigenvalue weighted by Crippen LogP contribution is -2.61. The Hall–Kier alpha value is -3.08. The number of anilines is 2. The van der Waals surface area contributed by atoms with Crippen LogP contribution in [0, 0.1) is 0 Å². The van der Waals surface area contributed by atoms with Gasteiger partial charge >= 0.3 is 0 Å². The molecule has 1 atom stereocenters. The fourth-order valence-corrected chi connectivity index (χ4v) is 5.48. The minimum absolute atomic E-state index is 0.253. The van der Waals surface area contributed by atoms with Gasteiger partial charge < -0.3 is 14.5 Å². The van der Waals surface area contributed by atoms with Gasteiger partial charge in [-0.05, 0) is 50.5 Å². The summed E-state index contributed by atoms with van der Waals surface area (Å²) in [5.74, 6) is 0.840. The summed E-state index contributed by atoms with van der Waals surface area (Å²) in [5.41, 5.74) is 4.61. The van der Waals surface area contributed by atoms with Crippen LogP contribution < -0.4 is 14.5 Å².